The molecule has 0 heterocycles. The Morgan fingerprint density at radius 3 is 1.84 bits per heavy atom. The van der Waals surface area contributed by atoms with Gasteiger partial charge in [0.2, 0.25) is 0 Å². The van der Waals surface area contributed by atoms with Gasteiger partial charge in [0.25, 0.3) is 0 Å². The van der Waals surface area contributed by atoms with Crippen LogP contribution in [0.4, 0.5) is 0 Å². The molecule has 0 spiro atoms. The first-order valence-electron chi connectivity index (χ1n) is 22.2. The van der Waals surface area contributed by atoms with E-state index < -0.39 is 44.7 Å². The second kappa shape index (κ2) is 43.0. The molecular formula is C49H78NO10P. The number of aliphatic hydroxyl groups excluding tert-OH is 2. The summed E-state index contributed by atoms with van der Waals surface area (Å²) in [6.45, 7) is 3.21. The van der Waals surface area contributed by atoms with Crippen molar-refractivity contribution >= 4 is 19.8 Å². The molecule has 1 unspecified atom stereocenters. The molecule has 0 rings (SSSR count). The van der Waals surface area contributed by atoms with E-state index in [2.05, 4.69) is 62.5 Å². The first-order valence-corrected chi connectivity index (χ1v) is 23.7. The molecule has 0 aromatic carbocycles. The summed E-state index contributed by atoms with van der Waals surface area (Å²) in [4.78, 5) is 34.9. The van der Waals surface area contributed by atoms with Gasteiger partial charge in [-0.3, -0.25) is 18.6 Å². The molecule has 0 radical (unpaired) electrons. The summed E-state index contributed by atoms with van der Waals surface area (Å²) in [6, 6.07) is 0. The minimum absolute atomic E-state index is 0.00790. The normalized spacial score (nSPS) is 15.4. The summed E-state index contributed by atoms with van der Waals surface area (Å²) >= 11 is 0. The van der Waals surface area contributed by atoms with Gasteiger partial charge >= 0.3 is 19.8 Å². The van der Waals surface area contributed by atoms with Gasteiger partial charge in [-0.2, -0.15) is 0 Å². The van der Waals surface area contributed by atoms with E-state index in [1.807, 2.05) is 42.5 Å². The fraction of sp³-hybridized carbons (Fsp3) is 0.551. The smallest absolute Gasteiger partial charge is 0.462 e. The van der Waals surface area contributed by atoms with Crippen LogP contribution in [-0.4, -0.2) is 71.7 Å². The summed E-state index contributed by atoms with van der Waals surface area (Å²) in [5, 5.41) is 20.0. The van der Waals surface area contributed by atoms with Crippen LogP contribution in [0.2, 0.25) is 0 Å². The van der Waals surface area contributed by atoms with Crippen molar-refractivity contribution in [2.75, 3.05) is 26.4 Å². The molecule has 4 atom stereocenters. The lowest BCUT2D eigenvalue weighted by Gasteiger charge is -2.19. The van der Waals surface area contributed by atoms with Crippen LogP contribution in [0.25, 0.3) is 0 Å². The largest absolute Gasteiger partial charge is 0.472 e. The van der Waals surface area contributed by atoms with E-state index in [0.717, 1.165) is 44.9 Å². The highest BCUT2D eigenvalue weighted by atomic mass is 31.2. The number of unbranched alkanes of at least 4 members (excludes halogenated alkanes) is 7. The van der Waals surface area contributed by atoms with Crippen LogP contribution < -0.4 is 5.73 Å². The molecule has 0 aromatic heterocycles. The summed E-state index contributed by atoms with van der Waals surface area (Å²) in [6.07, 6.45) is 51.6. The Bertz CT molecular complexity index is 1440. The summed E-state index contributed by atoms with van der Waals surface area (Å²) in [7, 11) is -4.45. The molecule has 5 N–H and O–H groups in total. The second-order valence-electron chi connectivity index (χ2n) is 14.2. The number of rotatable bonds is 39. The number of phosphoric ester groups is 1. The molecular weight excluding hydrogens is 794 g/mol. The Morgan fingerprint density at radius 1 is 0.607 bits per heavy atom. The zero-order chi connectivity index (χ0) is 44.9. The van der Waals surface area contributed by atoms with Crippen LogP contribution in [0.3, 0.4) is 0 Å². The Morgan fingerprint density at radius 2 is 1.20 bits per heavy atom. The predicted molar refractivity (Wildman–Crippen MR) is 249 cm³/mol. The Kier molecular flexibility index (Phi) is 40.4. The number of phosphoric acid groups is 1. The molecule has 12 heteroatoms. The minimum atomic E-state index is -4.45. The van der Waals surface area contributed by atoms with Crippen LogP contribution in [0.5, 0.6) is 0 Å². The number of aliphatic hydroxyl groups is 2. The van der Waals surface area contributed by atoms with E-state index in [1.165, 1.54) is 25.7 Å². The maximum Gasteiger partial charge on any atom is 0.472 e. The minimum Gasteiger partial charge on any atom is -0.462 e. The van der Waals surface area contributed by atoms with Gasteiger partial charge in [0.1, 0.15) is 6.61 Å². The van der Waals surface area contributed by atoms with Gasteiger partial charge in [-0.05, 0) is 83.5 Å². The number of ether oxygens (including phenoxy) is 2. The van der Waals surface area contributed by atoms with Gasteiger partial charge in [-0.1, -0.05) is 155 Å². The zero-order valence-electron chi connectivity index (χ0n) is 37.1. The number of hydrogen-bond acceptors (Lipinski definition) is 10. The van der Waals surface area contributed by atoms with Gasteiger partial charge in [-0.25, -0.2) is 4.57 Å². The first-order chi connectivity index (χ1) is 29.6. The molecule has 0 aliphatic rings. The standard InChI is InChI=1S/C49H78NO10P/c1-3-5-7-8-9-10-11-12-13-14-15-16-17-18-19-20-24-27-33-39-48(53)57-43-47(44-59-61(55,56)58-42-41-50)60-49(54)40-34-28-32-38-46(52)37-31-26-23-21-22-25-30-36-45(51)35-29-6-4-2/h6,9-10,12-13,15-16,18-19,22-23,25-26,29-32,36-38,45-47,51-52H,3-5,7-8,11,14,17,20-21,24,27-28,33-35,39-44,50H2,1-2H3,(H,55,56)/b10-9-,13-12-,16-15-,19-18-,25-22-,26-23-,29-6-,36-30+,37-31+,38-32-/t45-,46-,47+/m0/s1. The molecule has 11 nitrogen and oxygen atoms in total. The molecule has 0 aromatic rings. The van der Waals surface area contributed by atoms with E-state index in [4.69, 9.17) is 24.3 Å². The SMILES string of the molecule is CC/C=C\C[C@H](O)/C=C/C=C\C/C=C\C=C\[C@H](O)/C=C\CCCC(=O)O[C@H](COC(=O)CCCCC/C=C\C/C=C\C/C=C\C/C=C\CCCCC)COP(=O)(O)OCCN. The summed E-state index contributed by atoms with van der Waals surface area (Å²) in [5.74, 6) is -1.06. The highest BCUT2D eigenvalue weighted by Crippen LogP contribution is 2.43. The summed E-state index contributed by atoms with van der Waals surface area (Å²) < 4.78 is 32.6. The van der Waals surface area contributed by atoms with Gasteiger partial charge in [0.15, 0.2) is 6.10 Å². The van der Waals surface area contributed by atoms with Gasteiger partial charge in [0, 0.05) is 19.4 Å². The van der Waals surface area contributed by atoms with Crippen molar-refractivity contribution in [2.45, 2.75) is 148 Å². The number of hydrogen-bond donors (Lipinski definition) is 4. The molecule has 344 valence electrons. The van der Waals surface area contributed by atoms with E-state index in [0.29, 0.717) is 32.1 Å². The van der Waals surface area contributed by atoms with Gasteiger partial charge in [-0.15, -0.1) is 0 Å². The maximum absolute atomic E-state index is 12.6. The molecule has 0 bridgehead atoms. The van der Waals surface area contributed by atoms with Crippen molar-refractivity contribution in [2.24, 2.45) is 5.73 Å². The van der Waals surface area contributed by atoms with E-state index in [-0.39, 0.29) is 32.6 Å². The second-order valence-corrected chi connectivity index (χ2v) is 15.7. The van der Waals surface area contributed by atoms with E-state index in [1.54, 1.807) is 30.4 Å². The fourth-order valence-electron chi connectivity index (χ4n) is 5.18. The molecule has 0 aliphatic heterocycles. The highest BCUT2D eigenvalue weighted by molar-refractivity contribution is 7.47. The number of allylic oxidation sites excluding steroid dienone is 16. The highest BCUT2D eigenvalue weighted by Gasteiger charge is 2.26. The number of esters is 2. The lowest BCUT2D eigenvalue weighted by molar-refractivity contribution is -0.161. The molecule has 0 saturated carbocycles. The molecule has 0 fully saturated rings. The number of carbonyl (C=O) groups is 2. The fourth-order valence-corrected chi connectivity index (χ4v) is 5.94. The van der Waals surface area contributed by atoms with Crippen molar-refractivity contribution in [1.82, 2.24) is 0 Å². The average Bonchev–Trinajstić information content (AvgIpc) is 3.24. The topological polar surface area (TPSA) is 175 Å². The Labute approximate surface area is 367 Å². The Hall–Kier alpha value is -3.67. The van der Waals surface area contributed by atoms with Crippen molar-refractivity contribution < 1.29 is 47.8 Å². The monoisotopic (exact) mass is 872 g/mol. The van der Waals surface area contributed by atoms with Crippen LogP contribution >= 0.6 is 7.82 Å². The van der Waals surface area contributed by atoms with Crippen molar-refractivity contribution in [3.63, 3.8) is 0 Å². The van der Waals surface area contributed by atoms with Crippen LogP contribution in [0.15, 0.2) is 122 Å². The van der Waals surface area contributed by atoms with Gasteiger partial charge in [0.05, 0.1) is 25.4 Å². The number of carbonyl (C=O) groups excluding carboxylic acids is 2. The first kappa shape index (κ1) is 57.3. The zero-order valence-corrected chi connectivity index (χ0v) is 38.0. The predicted octanol–water partition coefficient (Wildman–Crippen LogP) is 10.9. The van der Waals surface area contributed by atoms with Crippen molar-refractivity contribution in [3.8, 4) is 0 Å². The molecule has 0 saturated heterocycles. The van der Waals surface area contributed by atoms with Crippen molar-refractivity contribution in [1.29, 1.82) is 0 Å². The van der Waals surface area contributed by atoms with Crippen molar-refractivity contribution in [3.05, 3.63) is 122 Å². The third kappa shape index (κ3) is 42.8. The average molecular weight is 872 g/mol. The lowest BCUT2D eigenvalue weighted by Crippen LogP contribution is -2.29. The molecule has 61 heavy (non-hydrogen) atoms. The van der Waals surface area contributed by atoms with Crippen LogP contribution in [0, 0.1) is 0 Å². The van der Waals surface area contributed by atoms with Gasteiger partial charge < -0.3 is 30.3 Å². The van der Waals surface area contributed by atoms with Crippen LogP contribution in [-0.2, 0) is 32.7 Å². The number of nitrogens with two attached hydrogens (primary N) is 1. The van der Waals surface area contributed by atoms with Crippen LogP contribution in [0.1, 0.15) is 129 Å². The maximum atomic E-state index is 12.6. The summed E-state index contributed by atoms with van der Waals surface area (Å²) in [5.41, 5.74) is 5.33. The molecule has 0 aliphatic carbocycles. The van der Waals surface area contributed by atoms with E-state index >= 15 is 0 Å². The van der Waals surface area contributed by atoms with E-state index in [9.17, 15) is 29.3 Å². The lowest BCUT2D eigenvalue weighted by atomic mass is 10.1. The third-order valence-electron chi connectivity index (χ3n) is 8.51. The molecule has 0 amide bonds. The third-order valence-corrected chi connectivity index (χ3v) is 9.49. The quantitative estimate of drug-likeness (QED) is 0.0152. The Balaban J connectivity index is 4.49.